The van der Waals surface area contributed by atoms with Crippen LogP contribution in [-0.4, -0.2) is 49.3 Å². The summed E-state index contributed by atoms with van der Waals surface area (Å²) in [4.78, 5) is 19.4. The Morgan fingerprint density at radius 2 is 1.90 bits per heavy atom. The van der Waals surface area contributed by atoms with Crippen LogP contribution < -0.4 is 5.56 Å². The predicted molar refractivity (Wildman–Crippen MR) is 152 cm³/mol. The highest BCUT2D eigenvalue weighted by atomic mass is 35.5. The van der Waals surface area contributed by atoms with Crippen LogP contribution in [0, 0.1) is 13.8 Å². The number of aromatic amines is 1. The first-order valence-corrected chi connectivity index (χ1v) is 14.4. The Labute approximate surface area is 233 Å². The Morgan fingerprint density at radius 1 is 1.10 bits per heavy atom. The lowest BCUT2D eigenvalue weighted by atomic mass is 9.99. The SMILES string of the molecule is Cc1cc(C)c2[nH]c(=O)c([C@@H](c3nnnn3C3CCCC3)N(Cc3ccc(Cl)cc3)C[C@@H]3CCCO3)cc2c1. The fourth-order valence-electron chi connectivity index (χ4n) is 6.33. The number of halogens is 1. The van der Waals surface area contributed by atoms with E-state index < -0.39 is 6.04 Å². The van der Waals surface area contributed by atoms with Crippen LogP contribution in [0.5, 0.6) is 0 Å². The smallest absolute Gasteiger partial charge is 0.253 e. The van der Waals surface area contributed by atoms with Crippen molar-refractivity contribution in [3.63, 3.8) is 0 Å². The van der Waals surface area contributed by atoms with E-state index in [1.54, 1.807) is 0 Å². The highest BCUT2D eigenvalue weighted by Crippen LogP contribution is 2.35. The summed E-state index contributed by atoms with van der Waals surface area (Å²) >= 11 is 6.21. The van der Waals surface area contributed by atoms with Gasteiger partial charge in [-0.15, -0.1) is 5.10 Å². The molecule has 9 heteroatoms. The first kappa shape index (κ1) is 26.2. The molecule has 8 nitrogen and oxygen atoms in total. The summed E-state index contributed by atoms with van der Waals surface area (Å²) in [6.45, 7) is 6.14. The van der Waals surface area contributed by atoms with Crippen LogP contribution in [-0.2, 0) is 11.3 Å². The molecule has 0 radical (unpaired) electrons. The van der Waals surface area contributed by atoms with Crippen LogP contribution in [0.1, 0.15) is 78.7 Å². The minimum absolute atomic E-state index is 0.0830. The molecule has 2 fully saturated rings. The average molecular weight is 547 g/mol. The zero-order chi connectivity index (χ0) is 26.9. The molecule has 39 heavy (non-hydrogen) atoms. The van der Waals surface area contributed by atoms with E-state index >= 15 is 0 Å². The second-order valence-electron chi connectivity index (χ2n) is 11.1. The topological polar surface area (TPSA) is 88.9 Å². The molecule has 2 aromatic carbocycles. The van der Waals surface area contributed by atoms with Crippen LogP contribution in [0.4, 0.5) is 0 Å². The fourth-order valence-corrected chi connectivity index (χ4v) is 6.46. The highest BCUT2D eigenvalue weighted by molar-refractivity contribution is 6.30. The molecule has 0 bridgehead atoms. The van der Waals surface area contributed by atoms with Gasteiger partial charge in [0.15, 0.2) is 5.82 Å². The van der Waals surface area contributed by atoms with Gasteiger partial charge in [0.2, 0.25) is 0 Å². The summed E-state index contributed by atoms with van der Waals surface area (Å²) in [5.74, 6) is 0.711. The van der Waals surface area contributed by atoms with E-state index in [2.05, 4.69) is 44.5 Å². The molecule has 6 rings (SSSR count). The van der Waals surface area contributed by atoms with E-state index in [9.17, 15) is 4.79 Å². The zero-order valence-electron chi connectivity index (χ0n) is 22.6. The van der Waals surface area contributed by atoms with Gasteiger partial charge in [-0.1, -0.05) is 48.2 Å². The maximum atomic E-state index is 13.9. The third-order valence-electron chi connectivity index (χ3n) is 8.18. The van der Waals surface area contributed by atoms with Gasteiger partial charge >= 0.3 is 0 Å². The van der Waals surface area contributed by atoms with Gasteiger partial charge in [0.1, 0.15) is 6.04 Å². The van der Waals surface area contributed by atoms with Crippen molar-refractivity contribution in [3.8, 4) is 0 Å². The van der Waals surface area contributed by atoms with Crippen molar-refractivity contribution in [1.82, 2.24) is 30.1 Å². The molecule has 1 saturated heterocycles. The summed E-state index contributed by atoms with van der Waals surface area (Å²) in [5, 5.41) is 14.9. The number of H-pyrrole nitrogens is 1. The maximum absolute atomic E-state index is 13.9. The predicted octanol–water partition coefficient (Wildman–Crippen LogP) is 5.67. The van der Waals surface area contributed by atoms with E-state index in [-0.39, 0.29) is 17.7 Å². The van der Waals surface area contributed by atoms with Gasteiger partial charge in [-0.2, -0.15) is 0 Å². The first-order valence-electron chi connectivity index (χ1n) is 14.0. The highest BCUT2D eigenvalue weighted by Gasteiger charge is 2.35. The van der Waals surface area contributed by atoms with Gasteiger partial charge in [0, 0.05) is 30.3 Å². The average Bonchev–Trinajstić information content (AvgIpc) is 3.70. The lowest BCUT2D eigenvalue weighted by Crippen LogP contribution is -2.39. The zero-order valence-corrected chi connectivity index (χ0v) is 23.3. The molecule has 2 aromatic heterocycles. The quantitative estimate of drug-likeness (QED) is 0.306. The number of hydrogen-bond acceptors (Lipinski definition) is 6. The number of ether oxygens (including phenoxy) is 1. The largest absolute Gasteiger partial charge is 0.377 e. The molecule has 1 aliphatic carbocycles. The Balaban J connectivity index is 1.52. The third kappa shape index (κ3) is 5.51. The Morgan fingerprint density at radius 3 is 2.64 bits per heavy atom. The lowest BCUT2D eigenvalue weighted by Gasteiger charge is -2.33. The van der Waals surface area contributed by atoms with Crippen LogP contribution >= 0.6 is 11.6 Å². The first-order chi connectivity index (χ1) is 19.0. The molecule has 204 valence electrons. The summed E-state index contributed by atoms with van der Waals surface area (Å²) in [6.07, 6.45) is 6.52. The number of aromatic nitrogens is 5. The van der Waals surface area contributed by atoms with Crippen molar-refractivity contribution < 1.29 is 4.74 Å². The number of pyridine rings is 1. The van der Waals surface area contributed by atoms with Crippen LogP contribution in [0.3, 0.4) is 0 Å². The summed E-state index contributed by atoms with van der Waals surface area (Å²) < 4.78 is 8.08. The number of fused-ring (bicyclic) bond motifs is 1. The monoisotopic (exact) mass is 546 g/mol. The molecular weight excluding hydrogens is 512 g/mol. The fraction of sp³-hybridized carbons (Fsp3) is 0.467. The number of benzene rings is 2. The van der Waals surface area contributed by atoms with Crippen molar-refractivity contribution in [2.24, 2.45) is 0 Å². The minimum atomic E-state index is -0.450. The second-order valence-corrected chi connectivity index (χ2v) is 11.5. The van der Waals surface area contributed by atoms with Crippen molar-refractivity contribution in [2.75, 3.05) is 13.2 Å². The molecular formula is C30H35ClN6O2. The number of hydrogen-bond donors (Lipinski definition) is 1. The van der Waals surface area contributed by atoms with Crippen LogP contribution in [0.15, 0.2) is 47.3 Å². The van der Waals surface area contributed by atoms with E-state index in [1.807, 2.05) is 41.9 Å². The number of aryl methyl sites for hydroxylation is 2. The van der Waals surface area contributed by atoms with Gasteiger partial charge in [0.25, 0.3) is 5.56 Å². The van der Waals surface area contributed by atoms with Crippen LogP contribution in [0.25, 0.3) is 10.9 Å². The molecule has 2 aliphatic rings. The summed E-state index contributed by atoms with van der Waals surface area (Å²) in [6, 6.07) is 14.0. The Kier molecular flexibility index (Phi) is 7.51. The molecule has 0 spiro atoms. The molecule has 1 N–H and O–H groups in total. The Hall–Kier alpha value is -3.07. The molecule has 2 atom stereocenters. The van der Waals surface area contributed by atoms with Crippen molar-refractivity contribution in [2.45, 2.75) is 77.1 Å². The number of nitrogens with zero attached hydrogens (tertiary/aromatic N) is 5. The van der Waals surface area contributed by atoms with E-state index in [0.717, 1.165) is 72.7 Å². The lowest BCUT2D eigenvalue weighted by molar-refractivity contribution is 0.0569. The Bertz CT molecular complexity index is 1500. The van der Waals surface area contributed by atoms with E-state index in [0.29, 0.717) is 29.5 Å². The standard InChI is InChI=1S/C30H35ClN6O2/c1-19-14-20(2)27-22(15-19)16-26(30(38)32-27)28(29-33-34-35-37(29)24-6-3-4-7-24)36(18-25-8-5-13-39-25)17-21-9-11-23(31)12-10-21/h9-12,14-16,24-25,28H,3-8,13,17-18H2,1-2H3,(H,32,38)/t25-,28-/m0/s1. The minimum Gasteiger partial charge on any atom is -0.377 e. The third-order valence-corrected chi connectivity index (χ3v) is 8.43. The van der Waals surface area contributed by atoms with E-state index in [4.69, 9.17) is 16.3 Å². The molecule has 4 aromatic rings. The molecule has 0 unspecified atom stereocenters. The molecule has 1 saturated carbocycles. The van der Waals surface area contributed by atoms with Gasteiger partial charge in [0.05, 0.1) is 17.7 Å². The van der Waals surface area contributed by atoms with Gasteiger partial charge in [-0.25, -0.2) is 4.68 Å². The maximum Gasteiger partial charge on any atom is 0.253 e. The van der Waals surface area contributed by atoms with Gasteiger partial charge < -0.3 is 9.72 Å². The molecule has 0 amide bonds. The van der Waals surface area contributed by atoms with Crippen molar-refractivity contribution in [3.05, 3.63) is 85.9 Å². The molecule has 1 aliphatic heterocycles. The van der Waals surface area contributed by atoms with Gasteiger partial charge in [-0.3, -0.25) is 9.69 Å². The summed E-state index contributed by atoms with van der Waals surface area (Å²) in [5.41, 5.74) is 4.71. The normalized spacial score (nSPS) is 18.9. The van der Waals surface area contributed by atoms with Crippen molar-refractivity contribution in [1.29, 1.82) is 0 Å². The second kappa shape index (κ2) is 11.2. The number of nitrogens with one attached hydrogen (secondary N) is 1. The van der Waals surface area contributed by atoms with Crippen molar-refractivity contribution >= 4 is 22.5 Å². The molecule has 3 heterocycles. The van der Waals surface area contributed by atoms with Crippen LogP contribution in [0.2, 0.25) is 5.02 Å². The van der Waals surface area contributed by atoms with E-state index in [1.165, 1.54) is 0 Å². The summed E-state index contributed by atoms with van der Waals surface area (Å²) in [7, 11) is 0. The number of tetrazole rings is 1. The number of rotatable bonds is 8. The van der Waals surface area contributed by atoms with Gasteiger partial charge in [-0.05, 0) is 90.7 Å².